The number of nitrogens with one attached hydrogen (secondary N) is 1. The molecular formula is C16H10Cl3NO. The van der Waals surface area contributed by atoms with Crippen LogP contribution in [-0.2, 0) is 0 Å². The predicted molar refractivity (Wildman–Crippen MR) is 88.9 cm³/mol. The van der Waals surface area contributed by atoms with Gasteiger partial charge in [-0.05, 0) is 30.7 Å². The van der Waals surface area contributed by atoms with Gasteiger partial charge in [0.1, 0.15) is 0 Å². The van der Waals surface area contributed by atoms with E-state index < -0.39 is 0 Å². The molecule has 0 aliphatic carbocycles. The first-order valence-electron chi connectivity index (χ1n) is 6.24. The number of halogens is 3. The second-order valence-electron chi connectivity index (χ2n) is 4.76. The molecule has 106 valence electrons. The van der Waals surface area contributed by atoms with E-state index in [4.69, 9.17) is 34.8 Å². The van der Waals surface area contributed by atoms with Gasteiger partial charge in [0.15, 0.2) is 6.29 Å². The van der Waals surface area contributed by atoms with Crippen LogP contribution in [0.5, 0.6) is 0 Å². The summed E-state index contributed by atoms with van der Waals surface area (Å²) in [5.41, 5.74) is 3.86. The van der Waals surface area contributed by atoms with E-state index in [-0.39, 0.29) is 0 Å². The zero-order valence-electron chi connectivity index (χ0n) is 11.0. The van der Waals surface area contributed by atoms with Crippen LogP contribution in [0.2, 0.25) is 15.1 Å². The van der Waals surface area contributed by atoms with Crippen LogP contribution in [0.1, 0.15) is 15.9 Å². The molecule has 1 aromatic heterocycles. The monoisotopic (exact) mass is 337 g/mol. The molecule has 3 rings (SSSR count). The predicted octanol–water partition coefficient (Wildman–Crippen LogP) is 5.92. The Morgan fingerprint density at radius 1 is 1.00 bits per heavy atom. The van der Waals surface area contributed by atoms with Crippen molar-refractivity contribution in [2.75, 3.05) is 0 Å². The van der Waals surface area contributed by atoms with Gasteiger partial charge >= 0.3 is 0 Å². The fourth-order valence-electron chi connectivity index (χ4n) is 2.40. The Labute approximate surface area is 136 Å². The lowest BCUT2D eigenvalue weighted by Gasteiger charge is -2.02. The van der Waals surface area contributed by atoms with Crippen LogP contribution in [0.4, 0.5) is 0 Å². The van der Waals surface area contributed by atoms with Crippen molar-refractivity contribution in [2.24, 2.45) is 0 Å². The Bertz CT molecular complexity index is 868. The maximum absolute atomic E-state index is 11.5. The van der Waals surface area contributed by atoms with Gasteiger partial charge in [-0.3, -0.25) is 4.79 Å². The van der Waals surface area contributed by atoms with Crippen LogP contribution in [-0.4, -0.2) is 11.3 Å². The van der Waals surface area contributed by atoms with Crippen molar-refractivity contribution in [1.29, 1.82) is 0 Å². The molecule has 21 heavy (non-hydrogen) atoms. The molecule has 5 heteroatoms. The molecule has 0 saturated heterocycles. The third-order valence-electron chi connectivity index (χ3n) is 3.53. The fourth-order valence-corrected chi connectivity index (χ4v) is 2.86. The minimum absolute atomic E-state index is 0.444. The van der Waals surface area contributed by atoms with Gasteiger partial charge < -0.3 is 4.98 Å². The molecule has 2 nitrogen and oxygen atoms in total. The molecule has 2 aromatic carbocycles. The Balaban J connectivity index is 2.34. The van der Waals surface area contributed by atoms with Gasteiger partial charge in [-0.25, -0.2) is 0 Å². The first-order chi connectivity index (χ1) is 10.0. The largest absolute Gasteiger partial charge is 0.354 e. The van der Waals surface area contributed by atoms with Gasteiger partial charge in [0.2, 0.25) is 0 Å². The zero-order chi connectivity index (χ0) is 15.1. The summed E-state index contributed by atoms with van der Waals surface area (Å²) in [5.74, 6) is 0. The van der Waals surface area contributed by atoms with Crippen molar-refractivity contribution in [2.45, 2.75) is 6.92 Å². The Morgan fingerprint density at radius 2 is 1.71 bits per heavy atom. The Kier molecular flexibility index (Phi) is 3.70. The number of aryl methyl sites for hydroxylation is 1. The first kappa shape index (κ1) is 14.5. The molecule has 0 aliphatic heterocycles. The van der Waals surface area contributed by atoms with E-state index in [1.807, 2.05) is 19.1 Å². The van der Waals surface area contributed by atoms with E-state index in [0.29, 0.717) is 26.3 Å². The van der Waals surface area contributed by atoms with E-state index >= 15 is 0 Å². The van der Waals surface area contributed by atoms with Gasteiger partial charge in [-0.2, -0.15) is 0 Å². The number of hydrogen-bond acceptors (Lipinski definition) is 1. The molecule has 0 amide bonds. The molecule has 0 atom stereocenters. The van der Waals surface area contributed by atoms with Crippen molar-refractivity contribution in [3.63, 3.8) is 0 Å². The summed E-state index contributed by atoms with van der Waals surface area (Å²) in [6.45, 7) is 1.91. The number of carbonyl (C=O) groups excluding carboxylic acids is 1. The minimum Gasteiger partial charge on any atom is -0.354 e. The highest BCUT2D eigenvalue weighted by Crippen LogP contribution is 2.35. The Hall–Kier alpha value is -1.48. The number of aromatic amines is 1. The van der Waals surface area contributed by atoms with Crippen molar-refractivity contribution in [3.05, 3.63) is 56.5 Å². The number of aromatic nitrogens is 1. The zero-order valence-corrected chi connectivity index (χ0v) is 13.3. The number of fused-ring (bicyclic) bond motifs is 1. The fraction of sp³-hybridized carbons (Fsp3) is 0.0625. The quantitative estimate of drug-likeness (QED) is 0.578. The molecule has 0 bridgehead atoms. The van der Waals surface area contributed by atoms with Crippen LogP contribution in [0.15, 0.2) is 30.3 Å². The highest BCUT2D eigenvalue weighted by molar-refractivity contribution is 6.42. The van der Waals surface area contributed by atoms with Gasteiger partial charge in [0.05, 0.1) is 21.3 Å². The Morgan fingerprint density at radius 3 is 2.38 bits per heavy atom. The van der Waals surface area contributed by atoms with Gasteiger partial charge in [-0.15, -0.1) is 0 Å². The summed E-state index contributed by atoms with van der Waals surface area (Å²) in [4.78, 5) is 14.8. The number of hydrogen-bond donors (Lipinski definition) is 1. The highest BCUT2D eigenvalue weighted by atomic mass is 35.5. The third-order valence-corrected chi connectivity index (χ3v) is 4.68. The SMILES string of the molecule is Cc1c(Cl)ccc2c(C=O)c(-c3ccc(Cl)c(Cl)c3)[nH]c12. The summed E-state index contributed by atoms with van der Waals surface area (Å²) in [5, 5.41) is 2.41. The lowest BCUT2D eigenvalue weighted by atomic mass is 10.1. The maximum atomic E-state index is 11.5. The molecule has 1 N–H and O–H groups in total. The number of carbonyl (C=O) groups is 1. The summed E-state index contributed by atoms with van der Waals surface area (Å²) in [7, 11) is 0. The normalized spacial score (nSPS) is 11.0. The van der Waals surface area contributed by atoms with E-state index in [9.17, 15) is 4.79 Å². The molecule has 0 radical (unpaired) electrons. The molecule has 0 fully saturated rings. The number of benzene rings is 2. The second kappa shape index (κ2) is 5.38. The molecule has 0 spiro atoms. The second-order valence-corrected chi connectivity index (χ2v) is 5.98. The number of aldehydes is 1. The van der Waals surface area contributed by atoms with Crippen molar-refractivity contribution in [1.82, 2.24) is 4.98 Å². The smallest absolute Gasteiger partial charge is 0.152 e. The molecular weight excluding hydrogens is 329 g/mol. The maximum Gasteiger partial charge on any atom is 0.152 e. The summed E-state index contributed by atoms with van der Waals surface area (Å²) in [6, 6.07) is 8.89. The topological polar surface area (TPSA) is 32.9 Å². The van der Waals surface area contributed by atoms with Crippen LogP contribution in [0.25, 0.3) is 22.2 Å². The van der Waals surface area contributed by atoms with E-state index in [0.717, 1.165) is 28.3 Å². The van der Waals surface area contributed by atoms with Crippen LogP contribution >= 0.6 is 34.8 Å². The van der Waals surface area contributed by atoms with E-state index in [2.05, 4.69) is 4.98 Å². The highest BCUT2D eigenvalue weighted by Gasteiger charge is 2.15. The lowest BCUT2D eigenvalue weighted by Crippen LogP contribution is -1.84. The van der Waals surface area contributed by atoms with Crippen molar-refractivity contribution < 1.29 is 4.79 Å². The van der Waals surface area contributed by atoms with Crippen LogP contribution < -0.4 is 0 Å². The average molecular weight is 339 g/mol. The van der Waals surface area contributed by atoms with Crippen molar-refractivity contribution in [3.8, 4) is 11.3 Å². The number of H-pyrrole nitrogens is 1. The molecule has 0 unspecified atom stereocenters. The molecule has 3 aromatic rings. The van der Waals surface area contributed by atoms with Crippen LogP contribution in [0, 0.1) is 6.92 Å². The van der Waals surface area contributed by atoms with Gasteiger partial charge in [-0.1, -0.05) is 46.9 Å². The van der Waals surface area contributed by atoms with Gasteiger partial charge in [0.25, 0.3) is 0 Å². The molecule has 1 heterocycles. The summed E-state index contributed by atoms with van der Waals surface area (Å²) < 4.78 is 0. The van der Waals surface area contributed by atoms with Crippen molar-refractivity contribution >= 4 is 52.0 Å². The molecule has 0 saturated carbocycles. The first-order valence-corrected chi connectivity index (χ1v) is 7.37. The summed E-state index contributed by atoms with van der Waals surface area (Å²) >= 11 is 18.1. The minimum atomic E-state index is 0.444. The third kappa shape index (κ3) is 2.34. The van der Waals surface area contributed by atoms with E-state index in [1.54, 1.807) is 18.2 Å². The molecule has 0 aliphatic rings. The van der Waals surface area contributed by atoms with Gasteiger partial charge in [0, 0.05) is 21.5 Å². The van der Waals surface area contributed by atoms with E-state index in [1.165, 1.54) is 0 Å². The summed E-state index contributed by atoms with van der Waals surface area (Å²) in [6.07, 6.45) is 0.837. The average Bonchev–Trinajstić information content (AvgIpc) is 2.85. The van der Waals surface area contributed by atoms with Crippen LogP contribution in [0.3, 0.4) is 0 Å². The lowest BCUT2D eigenvalue weighted by molar-refractivity contribution is 0.112. The number of rotatable bonds is 2. The standard InChI is InChI=1S/C16H10Cl3NO/c1-8-12(17)5-3-10-11(7-21)16(20-15(8)10)9-2-4-13(18)14(19)6-9/h2-7,20H,1H3.